The summed E-state index contributed by atoms with van der Waals surface area (Å²) < 4.78 is 1.95. The second-order valence-electron chi connectivity index (χ2n) is 5.37. The van der Waals surface area contributed by atoms with Crippen molar-refractivity contribution in [2.75, 3.05) is 0 Å². The Morgan fingerprint density at radius 2 is 2.06 bits per heavy atom. The Morgan fingerprint density at radius 1 is 1.33 bits per heavy atom. The molecule has 102 valence electrons. The van der Waals surface area contributed by atoms with Crippen molar-refractivity contribution in [3.63, 3.8) is 0 Å². The summed E-state index contributed by atoms with van der Waals surface area (Å²) in [7, 11) is 2.00. The fourth-order valence-corrected chi connectivity index (χ4v) is 3.67. The number of rotatable bonds is 3. The van der Waals surface area contributed by atoms with Gasteiger partial charge in [0.25, 0.3) is 0 Å². The van der Waals surface area contributed by atoms with Gasteiger partial charge < -0.3 is 0 Å². The molecule has 2 atom stereocenters. The van der Waals surface area contributed by atoms with Crippen LogP contribution in [0.5, 0.6) is 0 Å². The van der Waals surface area contributed by atoms with E-state index in [0.717, 1.165) is 36.4 Å². The number of hydrogen-bond donors (Lipinski definition) is 0. The van der Waals surface area contributed by atoms with E-state index in [9.17, 15) is 0 Å². The average Bonchev–Trinajstić information content (AvgIpc) is 2.53. The van der Waals surface area contributed by atoms with E-state index in [4.69, 9.17) is 23.2 Å². The van der Waals surface area contributed by atoms with Crippen molar-refractivity contribution in [1.82, 2.24) is 9.78 Å². The summed E-state index contributed by atoms with van der Waals surface area (Å²) in [6.45, 7) is 2.10. The zero-order chi connectivity index (χ0) is 13.1. The standard InChI is InChI=1S/C14H22Cl2N2/c1-3-12-14(16)13(18(2)17-12)9-10-6-4-5-7-11(15)8-10/h10-11H,3-9H2,1-2H3. The molecule has 1 aromatic heterocycles. The lowest BCUT2D eigenvalue weighted by Gasteiger charge is -2.16. The van der Waals surface area contributed by atoms with Gasteiger partial charge in [0.1, 0.15) is 0 Å². The van der Waals surface area contributed by atoms with Crippen LogP contribution in [0.1, 0.15) is 50.4 Å². The smallest absolute Gasteiger partial charge is 0.0849 e. The Hall–Kier alpha value is -0.210. The second kappa shape index (κ2) is 6.29. The van der Waals surface area contributed by atoms with Crippen molar-refractivity contribution in [2.24, 2.45) is 13.0 Å². The van der Waals surface area contributed by atoms with Gasteiger partial charge in [-0.1, -0.05) is 37.8 Å². The van der Waals surface area contributed by atoms with Crippen LogP contribution in [-0.4, -0.2) is 15.2 Å². The molecular weight excluding hydrogens is 267 g/mol. The summed E-state index contributed by atoms with van der Waals surface area (Å²) in [5.41, 5.74) is 2.20. The predicted molar refractivity (Wildman–Crippen MR) is 77.5 cm³/mol. The molecule has 1 aliphatic rings. The van der Waals surface area contributed by atoms with Crippen LogP contribution in [0.3, 0.4) is 0 Å². The van der Waals surface area contributed by atoms with Gasteiger partial charge in [-0.3, -0.25) is 4.68 Å². The van der Waals surface area contributed by atoms with E-state index in [2.05, 4.69) is 12.0 Å². The molecule has 0 radical (unpaired) electrons. The zero-order valence-corrected chi connectivity index (χ0v) is 12.8. The minimum absolute atomic E-state index is 0.343. The van der Waals surface area contributed by atoms with Crippen LogP contribution in [-0.2, 0) is 19.9 Å². The lowest BCUT2D eigenvalue weighted by molar-refractivity contribution is 0.447. The van der Waals surface area contributed by atoms with Crippen LogP contribution in [0.15, 0.2) is 0 Å². The molecule has 0 aliphatic heterocycles. The van der Waals surface area contributed by atoms with Crippen molar-refractivity contribution >= 4 is 23.2 Å². The van der Waals surface area contributed by atoms with Gasteiger partial charge in [0, 0.05) is 12.4 Å². The van der Waals surface area contributed by atoms with Crippen molar-refractivity contribution < 1.29 is 0 Å². The average molecular weight is 289 g/mol. The third kappa shape index (κ3) is 3.21. The van der Waals surface area contributed by atoms with Gasteiger partial charge in [-0.15, -0.1) is 11.6 Å². The van der Waals surface area contributed by atoms with E-state index in [1.165, 1.54) is 25.0 Å². The van der Waals surface area contributed by atoms with Crippen molar-refractivity contribution in [3.8, 4) is 0 Å². The Kier molecular flexibility index (Phi) is 4.97. The first-order chi connectivity index (χ1) is 8.61. The molecule has 18 heavy (non-hydrogen) atoms. The van der Waals surface area contributed by atoms with Gasteiger partial charge in [-0.05, 0) is 31.6 Å². The fourth-order valence-electron chi connectivity index (χ4n) is 2.90. The first-order valence-corrected chi connectivity index (χ1v) is 7.77. The van der Waals surface area contributed by atoms with E-state index >= 15 is 0 Å². The third-order valence-electron chi connectivity index (χ3n) is 3.95. The number of halogens is 2. The van der Waals surface area contributed by atoms with Crippen LogP contribution in [0.4, 0.5) is 0 Å². The number of hydrogen-bond acceptors (Lipinski definition) is 1. The van der Waals surface area contributed by atoms with Crippen LogP contribution in [0.2, 0.25) is 5.02 Å². The van der Waals surface area contributed by atoms with Crippen molar-refractivity contribution in [1.29, 1.82) is 0 Å². The second-order valence-corrected chi connectivity index (χ2v) is 6.37. The molecule has 2 unspecified atom stereocenters. The van der Waals surface area contributed by atoms with Crippen LogP contribution in [0.25, 0.3) is 0 Å². The van der Waals surface area contributed by atoms with Gasteiger partial charge in [-0.2, -0.15) is 5.10 Å². The van der Waals surface area contributed by atoms with E-state index in [1.807, 2.05) is 11.7 Å². The molecule has 2 rings (SSSR count). The highest BCUT2D eigenvalue weighted by molar-refractivity contribution is 6.31. The van der Waals surface area contributed by atoms with E-state index < -0.39 is 0 Å². The molecule has 0 bridgehead atoms. The summed E-state index contributed by atoms with van der Waals surface area (Å²) in [6.07, 6.45) is 8.03. The van der Waals surface area contributed by atoms with Gasteiger partial charge in [0.2, 0.25) is 0 Å². The highest BCUT2D eigenvalue weighted by atomic mass is 35.5. The minimum atomic E-state index is 0.343. The maximum absolute atomic E-state index is 6.41. The maximum Gasteiger partial charge on any atom is 0.0849 e. The molecule has 1 fully saturated rings. The molecule has 0 N–H and O–H groups in total. The van der Waals surface area contributed by atoms with Gasteiger partial charge in [-0.25, -0.2) is 0 Å². The highest BCUT2D eigenvalue weighted by Gasteiger charge is 2.22. The first kappa shape index (κ1) is 14.2. The largest absolute Gasteiger partial charge is 0.271 e. The lowest BCUT2D eigenvalue weighted by Crippen LogP contribution is -2.11. The molecule has 0 spiro atoms. The number of nitrogens with zero attached hydrogens (tertiary/aromatic N) is 2. The van der Waals surface area contributed by atoms with Gasteiger partial charge >= 0.3 is 0 Å². The number of alkyl halides is 1. The molecule has 2 nitrogen and oxygen atoms in total. The lowest BCUT2D eigenvalue weighted by atomic mass is 9.94. The summed E-state index contributed by atoms with van der Waals surface area (Å²) in [4.78, 5) is 0. The summed E-state index contributed by atoms with van der Waals surface area (Å²) in [5.74, 6) is 0.660. The Balaban J connectivity index is 2.10. The summed E-state index contributed by atoms with van der Waals surface area (Å²) >= 11 is 12.7. The molecule has 0 saturated heterocycles. The van der Waals surface area contributed by atoms with Gasteiger partial charge in [0.15, 0.2) is 0 Å². The van der Waals surface area contributed by atoms with Crippen molar-refractivity contribution in [2.45, 2.75) is 57.2 Å². The molecule has 1 heterocycles. The number of aromatic nitrogens is 2. The van der Waals surface area contributed by atoms with E-state index in [-0.39, 0.29) is 0 Å². The maximum atomic E-state index is 6.41. The monoisotopic (exact) mass is 288 g/mol. The zero-order valence-electron chi connectivity index (χ0n) is 11.3. The van der Waals surface area contributed by atoms with Crippen LogP contribution in [0, 0.1) is 5.92 Å². The predicted octanol–water partition coefficient (Wildman–Crippen LogP) is 4.37. The van der Waals surface area contributed by atoms with Crippen LogP contribution < -0.4 is 0 Å². The van der Waals surface area contributed by atoms with E-state index in [0.29, 0.717) is 11.3 Å². The van der Waals surface area contributed by atoms with Gasteiger partial charge in [0.05, 0.1) is 16.4 Å². The Labute approximate surface area is 120 Å². The number of aryl methyl sites for hydroxylation is 2. The Morgan fingerprint density at radius 3 is 2.72 bits per heavy atom. The molecule has 0 amide bonds. The molecule has 1 aliphatic carbocycles. The molecule has 4 heteroatoms. The van der Waals surface area contributed by atoms with Crippen LogP contribution >= 0.6 is 23.2 Å². The Bertz CT molecular complexity index is 401. The normalized spacial score (nSPS) is 25.1. The fraction of sp³-hybridized carbons (Fsp3) is 0.786. The van der Waals surface area contributed by atoms with Crippen molar-refractivity contribution in [3.05, 3.63) is 16.4 Å². The quantitative estimate of drug-likeness (QED) is 0.597. The minimum Gasteiger partial charge on any atom is -0.271 e. The molecule has 0 aromatic carbocycles. The van der Waals surface area contributed by atoms with E-state index in [1.54, 1.807) is 0 Å². The third-order valence-corrected chi connectivity index (χ3v) is 4.79. The summed E-state index contributed by atoms with van der Waals surface area (Å²) in [5, 5.41) is 5.70. The molecular formula is C14H22Cl2N2. The molecule has 1 aromatic rings. The highest BCUT2D eigenvalue weighted by Crippen LogP contribution is 2.31. The first-order valence-electron chi connectivity index (χ1n) is 6.96. The SMILES string of the molecule is CCc1nn(C)c(CC2CCCCC(Cl)C2)c1Cl. The summed E-state index contributed by atoms with van der Waals surface area (Å²) in [6, 6.07) is 0. The topological polar surface area (TPSA) is 17.8 Å². The molecule has 1 saturated carbocycles.